The van der Waals surface area contributed by atoms with Crippen molar-refractivity contribution in [2.75, 3.05) is 66.1 Å². The van der Waals surface area contributed by atoms with Gasteiger partial charge in [-0.05, 0) is 111 Å². The molecule has 0 saturated carbocycles. The van der Waals surface area contributed by atoms with Gasteiger partial charge in [-0.1, -0.05) is 71.7 Å². The quantitative estimate of drug-likeness (QED) is 0.106. The average molecular weight is 948 g/mol. The fourth-order valence-electron chi connectivity index (χ4n) is 9.68. The van der Waals surface area contributed by atoms with E-state index < -0.39 is 46.0 Å². The highest BCUT2D eigenvalue weighted by molar-refractivity contribution is 6.42. The molecular weight excluding hydrogens is 897 g/mol. The first-order valence-corrected chi connectivity index (χ1v) is 22.3. The molecule has 1 spiro atoms. The Morgan fingerprint density at radius 3 is 2.12 bits per heavy atom. The second-order valence-electron chi connectivity index (χ2n) is 17.2. The Balaban J connectivity index is 1.15. The summed E-state index contributed by atoms with van der Waals surface area (Å²) >= 11 is 12.8. The Morgan fingerprint density at radius 2 is 1.48 bits per heavy atom. The number of benzene rings is 4. The smallest absolute Gasteiger partial charge is 0.396 e. The van der Waals surface area contributed by atoms with E-state index in [1.54, 1.807) is 59.3 Å². The van der Waals surface area contributed by atoms with Gasteiger partial charge in [0.1, 0.15) is 12.1 Å². The van der Waals surface area contributed by atoms with E-state index in [0.29, 0.717) is 81.5 Å². The maximum absolute atomic E-state index is 14.5. The first-order chi connectivity index (χ1) is 30.8. The first-order valence-electron chi connectivity index (χ1n) is 21.5. The van der Waals surface area contributed by atoms with E-state index in [1.807, 2.05) is 18.2 Å². The number of unbranched alkanes of at least 4 members (excludes halogenated alkanes) is 1. The number of likely N-dealkylation sites (N-methyl/N-ethyl adjacent to an activating group) is 1. The van der Waals surface area contributed by atoms with E-state index in [0.717, 1.165) is 11.1 Å². The van der Waals surface area contributed by atoms with Crippen molar-refractivity contribution in [2.24, 2.45) is 0 Å². The van der Waals surface area contributed by atoms with E-state index in [4.69, 9.17) is 27.9 Å². The number of morpholine rings is 1. The van der Waals surface area contributed by atoms with Gasteiger partial charge in [-0.25, -0.2) is 0 Å². The average Bonchev–Trinajstić information content (AvgIpc) is 3.60. The summed E-state index contributed by atoms with van der Waals surface area (Å²) < 4.78 is 89.4. The maximum atomic E-state index is 14.5. The standard InChI is InChI=1S/C48H50Cl2F6N4O5/c1-57(18-7-8-23-61)42(62)30-60(44(64)32-9-3-2-4-10-32)41-27-33-11-5-6-12-38(33)45(41)15-19-58(20-16-45)21-17-46(35-13-14-39(49)40(50)29-35)31-59(22-24-65-46)43(63)34-25-36(47(51,52)53)28-37(26-34)48(54,55)56/h2-6,9-14,25-26,28-29,41,61H,7-8,15-24,27,30-31H2,1H3/t41?,46-/m0/s1. The summed E-state index contributed by atoms with van der Waals surface area (Å²) in [4.78, 5) is 49.1. The highest BCUT2D eigenvalue weighted by atomic mass is 35.5. The number of amides is 3. The summed E-state index contributed by atoms with van der Waals surface area (Å²) in [6, 6.07) is 22.4. The van der Waals surface area contributed by atoms with Crippen LogP contribution in [0, 0.1) is 0 Å². The molecule has 1 N–H and O–H groups in total. The summed E-state index contributed by atoms with van der Waals surface area (Å²) in [5.41, 5.74) is -2.50. The molecule has 0 radical (unpaired) electrons. The number of alkyl halides is 6. The number of hydrogen-bond donors (Lipinski definition) is 1. The van der Waals surface area contributed by atoms with Gasteiger partial charge in [-0.3, -0.25) is 14.4 Å². The van der Waals surface area contributed by atoms with Gasteiger partial charge in [0, 0.05) is 55.9 Å². The molecular formula is C48H50Cl2F6N4O5. The number of nitrogens with zero attached hydrogens (tertiary/aromatic N) is 4. The molecule has 17 heteroatoms. The second kappa shape index (κ2) is 19.7. The number of carbonyl (C=O) groups excluding carboxylic acids is 3. The summed E-state index contributed by atoms with van der Waals surface area (Å²) in [6.45, 7) is 1.50. The molecule has 3 aliphatic rings. The molecule has 9 nitrogen and oxygen atoms in total. The third-order valence-electron chi connectivity index (χ3n) is 13.2. The minimum absolute atomic E-state index is 0.00930. The number of aliphatic hydroxyl groups is 1. The van der Waals surface area contributed by atoms with Crippen LogP contribution in [-0.4, -0.2) is 115 Å². The minimum Gasteiger partial charge on any atom is -0.396 e. The van der Waals surface area contributed by atoms with Crippen molar-refractivity contribution in [2.45, 2.75) is 67.9 Å². The predicted molar refractivity (Wildman–Crippen MR) is 234 cm³/mol. The molecule has 1 aliphatic carbocycles. The number of piperidine rings is 1. The van der Waals surface area contributed by atoms with Crippen molar-refractivity contribution < 1.29 is 50.6 Å². The van der Waals surface area contributed by atoms with Gasteiger partial charge in [0.15, 0.2) is 0 Å². The monoisotopic (exact) mass is 946 g/mol. The Morgan fingerprint density at radius 1 is 0.815 bits per heavy atom. The van der Waals surface area contributed by atoms with Gasteiger partial charge in [-0.15, -0.1) is 0 Å². The van der Waals surface area contributed by atoms with Crippen molar-refractivity contribution in [1.82, 2.24) is 19.6 Å². The third-order valence-corrected chi connectivity index (χ3v) is 14.0. The lowest BCUT2D eigenvalue weighted by atomic mass is 9.70. The number of fused-ring (bicyclic) bond motifs is 2. The van der Waals surface area contributed by atoms with Crippen LogP contribution in [0.3, 0.4) is 0 Å². The Bertz CT molecular complexity index is 2330. The zero-order chi connectivity index (χ0) is 46.7. The van der Waals surface area contributed by atoms with Crippen LogP contribution < -0.4 is 0 Å². The van der Waals surface area contributed by atoms with Crippen LogP contribution in [-0.2, 0) is 39.3 Å². The predicted octanol–water partition coefficient (Wildman–Crippen LogP) is 9.12. The molecule has 2 saturated heterocycles. The topological polar surface area (TPSA) is 93.6 Å². The minimum atomic E-state index is -5.14. The Hall–Kier alpha value is -4.67. The maximum Gasteiger partial charge on any atom is 0.416 e. The highest BCUT2D eigenvalue weighted by Crippen LogP contribution is 2.49. The lowest BCUT2D eigenvalue weighted by molar-refractivity contribution is -0.143. The van der Waals surface area contributed by atoms with Crippen molar-refractivity contribution >= 4 is 40.9 Å². The number of likely N-dealkylation sites (tertiary alicyclic amines) is 1. The van der Waals surface area contributed by atoms with Gasteiger partial charge in [0.05, 0.1) is 34.3 Å². The lowest BCUT2D eigenvalue weighted by Crippen LogP contribution is -2.58. The van der Waals surface area contributed by atoms with Gasteiger partial charge in [0.25, 0.3) is 11.8 Å². The molecule has 4 aromatic carbocycles. The molecule has 65 heavy (non-hydrogen) atoms. The molecule has 2 heterocycles. The van der Waals surface area contributed by atoms with Crippen LogP contribution >= 0.6 is 23.2 Å². The van der Waals surface area contributed by atoms with Crippen LogP contribution in [0.4, 0.5) is 26.3 Å². The van der Waals surface area contributed by atoms with Crippen molar-refractivity contribution in [3.05, 3.63) is 140 Å². The van der Waals surface area contributed by atoms with Crippen LogP contribution in [0.1, 0.15) is 80.6 Å². The van der Waals surface area contributed by atoms with E-state index >= 15 is 0 Å². The molecule has 0 bridgehead atoms. The molecule has 1 unspecified atom stereocenters. The zero-order valence-corrected chi connectivity index (χ0v) is 37.2. The summed E-state index contributed by atoms with van der Waals surface area (Å²) in [6.07, 6.45) is -7.06. The fraction of sp³-hybridized carbons (Fsp3) is 0.438. The van der Waals surface area contributed by atoms with Crippen molar-refractivity contribution in [3.63, 3.8) is 0 Å². The number of rotatable bonds is 13. The Labute approximate surface area is 383 Å². The molecule has 3 amide bonds. The van der Waals surface area contributed by atoms with Crippen LogP contribution in [0.5, 0.6) is 0 Å². The largest absolute Gasteiger partial charge is 0.416 e. The molecule has 4 aromatic rings. The third kappa shape index (κ3) is 10.5. The molecule has 2 atom stereocenters. The SMILES string of the molecule is CN(CCCCO)C(=O)CN(C(=O)c1ccccc1)C1Cc2ccccc2C12CCN(CC[C@@]1(c3ccc(Cl)c(Cl)c3)CN(C(=O)c3cc(C(F)(F)F)cc(C(F)(F)F)c3)CCO1)CC2. The van der Waals surface area contributed by atoms with E-state index in [-0.39, 0.29) is 73.2 Å². The van der Waals surface area contributed by atoms with Crippen LogP contribution in [0.2, 0.25) is 10.0 Å². The molecule has 2 aliphatic heterocycles. The first kappa shape index (κ1) is 48.3. The van der Waals surface area contributed by atoms with Gasteiger partial charge >= 0.3 is 12.4 Å². The van der Waals surface area contributed by atoms with Crippen molar-refractivity contribution in [3.8, 4) is 0 Å². The number of aliphatic hydroxyl groups excluding tert-OH is 1. The highest BCUT2D eigenvalue weighted by Gasteiger charge is 2.52. The summed E-state index contributed by atoms with van der Waals surface area (Å²) in [7, 11) is 1.70. The van der Waals surface area contributed by atoms with Crippen LogP contribution in [0.25, 0.3) is 0 Å². The van der Waals surface area contributed by atoms with Gasteiger partial charge in [0.2, 0.25) is 5.91 Å². The van der Waals surface area contributed by atoms with E-state index in [2.05, 4.69) is 17.0 Å². The van der Waals surface area contributed by atoms with E-state index in [9.17, 15) is 45.8 Å². The van der Waals surface area contributed by atoms with E-state index in [1.165, 1.54) is 4.90 Å². The number of carbonyl (C=O) groups is 3. The van der Waals surface area contributed by atoms with Gasteiger partial charge in [-0.2, -0.15) is 26.3 Å². The number of ether oxygens (including phenoxy) is 1. The number of halogens is 8. The van der Waals surface area contributed by atoms with Crippen molar-refractivity contribution in [1.29, 1.82) is 0 Å². The number of hydrogen-bond acceptors (Lipinski definition) is 6. The second-order valence-corrected chi connectivity index (χ2v) is 18.0. The van der Waals surface area contributed by atoms with Gasteiger partial charge < -0.3 is 29.4 Å². The normalized spacial score (nSPS) is 19.8. The molecule has 7 rings (SSSR count). The molecule has 348 valence electrons. The summed E-state index contributed by atoms with van der Waals surface area (Å²) in [5.74, 6) is -1.47. The zero-order valence-electron chi connectivity index (χ0n) is 35.7. The molecule has 2 fully saturated rings. The van der Waals surface area contributed by atoms with Crippen LogP contribution in [0.15, 0.2) is 91.0 Å². The fourth-order valence-corrected chi connectivity index (χ4v) is 9.98. The lowest BCUT2D eigenvalue weighted by Gasteiger charge is -2.48. The summed E-state index contributed by atoms with van der Waals surface area (Å²) in [5, 5.41) is 9.76. The Kier molecular flexibility index (Phi) is 14.6. The molecule has 0 aromatic heterocycles.